The molecule has 0 aliphatic heterocycles. The van der Waals surface area contributed by atoms with E-state index in [1.165, 1.54) is 13.0 Å². The second-order valence-corrected chi connectivity index (χ2v) is 2.89. The molecular formula is C8H10F3NO. The zero-order valence-electron chi connectivity index (χ0n) is 7.27. The maximum atomic E-state index is 12.2. The molecule has 1 aromatic heterocycles. The highest BCUT2D eigenvalue weighted by Gasteiger charge is 2.39. The number of halogens is 3. The third kappa shape index (κ3) is 2.03. The summed E-state index contributed by atoms with van der Waals surface area (Å²) in [6, 6.07) is -0.641. The molecule has 1 atom stereocenters. The molecule has 0 aliphatic rings. The van der Waals surface area contributed by atoms with Gasteiger partial charge >= 0.3 is 6.18 Å². The van der Waals surface area contributed by atoms with Crippen molar-refractivity contribution in [3.63, 3.8) is 0 Å². The van der Waals surface area contributed by atoms with E-state index in [1.54, 1.807) is 6.92 Å². The Morgan fingerprint density at radius 2 is 1.92 bits per heavy atom. The topological polar surface area (TPSA) is 39.2 Å². The molecule has 1 aromatic rings. The molecule has 13 heavy (non-hydrogen) atoms. The smallest absolute Gasteiger partial charge is 0.407 e. The van der Waals surface area contributed by atoms with Crippen molar-refractivity contribution in [1.29, 1.82) is 0 Å². The monoisotopic (exact) mass is 193 g/mol. The first-order valence-electron chi connectivity index (χ1n) is 3.71. The van der Waals surface area contributed by atoms with Crippen LogP contribution in [0.2, 0.25) is 0 Å². The lowest BCUT2D eigenvalue weighted by Crippen LogP contribution is -2.28. The molecule has 0 fully saturated rings. The van der Waals surface area contributed by atoms with E-state index < -0.39 is 12.2 Å². The van der Waals surface area contributed by atoms with Crippen LogP contribution in [0.15, 0.2) is 10.5 Å². The molecule has 2 nitrogen and oxygen atoms in total. The fourth-order valence-corrected chi connectivity index (χ4v) is 1.14. The molecule has 0 aliphatic carbocycles. The van der Waals surface area contributed by atoms with Gasteiger partial charge in [0, 0.05) is 5.56 Å². The maximum absolute atomic E-state index is 12.2. The number of aryl methyl sites for hydroxylation is 2. The molecule has 2 N–H and O–H groups in total. The first-order valence-corrected chi connectivity index (χ1v) is 3.71. The van der Waals surface area contributed by atoms with E-state index in [0.29, 0.717) is 5.76 Å². The minimum atomic E-state index is -4.42. The number of hydrogen-bond donors (Lipinski definition) is 1. The van der Waals surface area contributed by atoms with Gasteiger partial charge in [-0.1, -0.05) is 0 Å². The zero-order chi connectivity index (χ0) is 10.2. The largest absolute Gasteiger partial charge is 0.466 e. The number of nitrogens with two attached hydrogens (primary N) is 1. The van der Waals surface area contributed by atoms with Crippen LogP contribution in [0.1, 0.15) is 23.1 Å². The molecule has 0 spiro atoms. The summed E-state index contributed by atoms with van der Waals surface area (Å²) in [5, 5.41) is 0. The van der Waals surface area contributed by atoms with Gasteiger partial charge in [0.1, 0.15) is 17.6 Å². The maximum Gasteiger partial charge on any atom is 0.407 e. The molecule has 1 rings (SSSR count). The molecule has 0 saturated carbocycles. The van der Waals surface area contributed by atoms with Gasteiger partial charge in [-0.15, -0.1) is 0 Å². The summed E-state index contributed by atoms with van der Waals surface area (Å²) >= 11 is 0. The summed E-state index contributed by atoms with van der Waals surface area (Å²) in [4.78, 5) is 0. The van der Waals surface area contributed by atoms with Crippen molar-refractivity contribution in [3.05, 3.63) is 23.2 Å². The highest BCUT2D eigenvalue weighted by atomic mass is 19.4. The van der Waals surface area contributed by atoms with E-state index in [0.717, 1.165) is 0 Å². The standard InChI is InChI=1S/C8H10F3NO/c1-4-3-6(5(2)13-4)7(12)8(9,10)11/h3,7H,12H2,1-2H3. The minimum Gasteiger partial charge on any atom is -0.466 e. The van der Waals surface area contributed by atoms with Gasteiger partial charge in [0.2, 0.25) is 0 Å². The van der Waals surface area contributed by atoms with Gasteiger partial charge in [-0.3, -0.25) is 0 Å². The van der Waals surface area contributed by atoms with Gasteiger partial charge < -0.3 is 10.2 Å². The van der Waals surface area contributed by atoms with E-state index in [-0.39, 0.29) is 11.3 Å². The van der Waals surface area contributed by atoms with Crippen LogP contribution < -0.4 is 5.73 Å². The van der Waals surface area contributed by atoms with Crippen LogP contribution in [0.25, 0.3) is 0 Å². The lowest BCUT2D eigenvalue weighted by molar-refractivity contribution is -0.149. The van der Waals surface area contributed by atoms with Crippen LogP contribution in [0.5, 0.6) is 0 Å². The van der Waals surface area contributed by atoms with Crippen molar-refractivity contribution < 1.29 is 17.6 Å². The Bertz CT molecular complexity index is 303. The van der Waals surface area contributed by atoms with Crippen molar-refractivity contribution in [3.8, 4) is 0 Å². The van der Waals surface area contributed by atoms with E-state index in [4.69, 9.17) is 10.2 Å². The molecule has 0 bridgehead atoms. The Morgan fingerprint density at radius 1 is 1.38 bits per heavy atom. The first kappa shape index (κ1) is 10.1. The third-order valence-electron chi connectivity index (χ3n) is 1.77. The number of alkyl halides is 3. The average molecular weight is 193 g/mol. The highest BCUT2D eigenvalue weighted by molar-refractivity contribution is 5.24. The zero-order valence-corrected chi connectivity index (χ0v) is 7.27. The third-order valence-corrected chi connectivity index (χ3v) is 1.77. The average Bonchev–Trinajstić information content (AvgIpc) is 2.26. The molecule has 74 valence electrons. The van der Waals surface area contributed by atoms with Crippen LogP contribution in [-0.2, 0) is 0 Å². The molecule has 0 aromatic carbocycles. The Labute approximate surface area is 73.5 Å². The van der Waals surface area contributed by atoms with Crippen LogP contribution in [0, 0.1) is 13.8 Å². The van der Waals surface area contributed by atoms with Crippen molar-refractivity contribution in [2.24, 2.45) is 5.73 Å². The van der Waals surface area contributed by atoms with E-state index >= 15 is 0 Å². The van der Waals surface area contributed by atoms with Crippen molar-refractivity contribution in [2.75, 3.05) is 0 Å². The quantitative estimate of drug-likeness (QED) is 0.744. The first-order chi connectivity index (χ1) is 5.82. The summed E-state index contributed by atoms with van der Waals surface area (Å²) in [5.74, 6) is 0.662. The fraction of sp³-hybridized carbons (Fsp3) is 0.500. The minimum absolute atomic E-state index is 0.00463. The van der Waals surface area contributed by atoms with Gasteiger partial charge in [-0.25, -0.2) is 0 Å². The van der Waals surface area contributed by atoms with Gasteiger partial charge in [0.25, 0.3) is 0 Å². The predicted octanol–water partition coefficient (Wildman–Crippen LogP) is 2.46. The lowest BCUT2D eigenvalue weighted by Gasteiger charge is -2.14. The Kier molecular flexibility index (Phi) is 2.38. The number of hydrogen-bond acceptors (Lipinski definition) is 2. The molecule has 5 heteroatoms. The van der Waals surface area contributed by atoms with Crippen molar-refractivity contribution >= 4 is 0 Å². The lowest BCUT2D eigenvalue weighted by atomic mass is 10.1. The van der Waals surface area contributed by atoms with Gasteiger partial charge in [0.05, 0.1) is 0 Å². The van der Waals surface area contributed by atoms with E-state index in [2.05, 4.69) is 0 Å². The molecule has 1 unspecified atom stereocenters. The molecular weight excluding hydrogens is 183 g/mol. The van der Waals surface area contributed by atoms with E-state index in [1.807, 2.05) is 0 Å². The van der Waals surface area contributed by atoms with Crippen molar-refractivity contribution in [1.82, 2.24) is 0 Å². The number of furan rings is 1. The normalized spacial score (nSPS) is 14.6. The van der Waals surface area contributed by atoms with Crippen LogP contribution in [-0.4, -0.2) is 6.18 Å². The highest BCUT2D eigenvalue weighted by Crippen LogP contribution is 2.33. The van der Waals surface area contributed by atoms with Gasteiger partial charge in [-0.2, -0.15) is 13.2 Å². The summed E-state index contributed by atoms with van der Waals surface area (Å²) in [7, 11) is 0. The van der Waals surface area contributed by atoms with Gasteiger partial charge in [0.15, 0.2) is 0 Å². The molecule has 0 saturated heterocycles. The van der Waals surface area contributed by atoms with Crippen molar-refractivity contribution in [2.45, 2.75) is 26.1 Å². The molecule has 1 heterocycles. The van der Waals surface area contributed by atoms with Gasteiger partial charge in [-0.05, 0) is 19.9 Å². The summed E-state index contributed by atoms with van der Waals surface area (Å²) in [6.45, 7) is 3.05. The predicted molar refractivity (Wildman–Crippen MR) is 41.2 cm³/mol. The van der Waals surface area contributed by atoms with E-state index in [9.17, 15) is 13.2 Å². The molecule has 0 amide bonds. The van der Waals surface area contributed by atoms with Crippen LogP contribution >= 0.6 is 0 Å². The van der Waals surface area contributed by atoms with Crippen LogP contribution in [0.4, 0.5) is 13.2 Å². The second kappa shape index (κ2) is 3.06. The summed E-state index contributed by atoms with van der Waals surface area (Å²) in [6.07, 6.45) is -4.42. The second-order valence-electron chi connectivity index (χ2n) is 2.89. The summed E-state index contributed by atoms with van der Waals surface area (Å²) in [5.41, 5.74) is 5.01. The van der Waals surface area contributed by atoms with Crippen LogP contribution in [0.3, 0.4) is 0 Å². The number of rotatable bonds is 1. The Morgan fingerprint density at radius 3 is 2.23 bits per heavy atom. The molecule has 0 radical (unpaired) electrons. The SMILES string of the molecule is Cc1cc(C(N)C(F)(F)F)c(C)o1. The Balaban J connectivity index is 3.01. The summed E-state index contributed by atoms with van der Waals surface area (Å²) < 4.78 is 41.4. The fourth-order valence-electron chi connectivity index (χ4n) is 1.14. The Hall–Kier alpha value is -0.970.